The van der Waals surface area contributed by atoms with Crippen molar-refractivity contribution in [1.29, 1.82) is 0 Å². The molecule has 0 bridgehead atoms. The van der Waals surface area contributed by atoms with Crippen molar-refractivity contribution in [3.63, 3.8) is 0 Å². The van der Waals surface area contributed by atoms with E-state index in [4.69, 9.17) is 20.2 Å². The summed E-state index contributed by atoms with van der Waals surface area (Å²) in [6.07, 6.45) is 0. The molecule has 118 valence electrons. The first-order valence-electron chi connectivity index (χ1n) is 7.23. The molecule has 0 spiro atoms. The number of rotatable bonds is 5. The average Bonchev–Trinajstić information content (AvgIpc) is 3.06. The van der Waals surface area contributed by atoms with Crippen molar-refractivity contribution >= 4 is 11.3 Å². The number of thiazole rings is 1. The maximum Gasteiger partial charge on any atom is 0.118 e. The van der Waals surface area contributed by atoms with E-state index in [0.29, 0.717) is 6.54 Å². The third kappa shape index (κ3) is 3.21. The van der Waals surface area contributed by atoms with Gasteiger partial charge in [0.25, 0.3) is 0 Å². The predicted octanol–water partition coefficient (Wildman–Crippen LogP) is 3.95. The van der Waals surface area contributed by atoms with Gasteiger partial charge < -0.3 is 15.2 Å². The summed E-state index contributed by atoms with van der Waals surface area (Å²) in [5.41, 5.74) is 8.89. The van der Waals surface area contributed by atoms with Crippen molar-refractivity contribution in [2.24, 2.45) is 5.73 Å². The SMILES string of the molecule is COc1ccc(-c2nc(CN)sc2-c2ccc(OC)cc2)cc1. The van der Waals surface area contributed by atoms with Gasteiger partial charge in [0.05, 0.1) is 24.8 Å². The molecule has 1 aromatic heterocycles. The molecule has 1 heterocycles. The Bertz CT molecular complexity index is 715. The van der Waals surface area contributed by atoms with Crippen LogP contribution in [0.2, 0.25) is 0 Å². The second kappa shape index (κ2) is 6.81. The average molecular weight is 326 g/mol. The molecule has 0 aliphatic rings. The molecule has 0 unspecified atom stereocenters. The van der Waals surface area contributed by atoms with Crippen LogP contribution in [0.25, 0.3) is 21.7 Å². The van der Waals surface area contributed by atoms with Crippen molar-refractivity contribution in [3.8, 4) is 33.2 Å². The molecule has 0 radical (unpaired) electrons. The van der Waals surface area contributed by atoms with Gasteiger partial charge in [-0.05, 0) is 54.1 Å². The number of benzene rings is 2. The predicted molar refractivity (Wildman–Crippen MR) is 94.0 cm³/mol. The lowest BCUT2D eigenvalue weighted by Crippen LogP contribution is -1.94. The summed E-state index contributed by atoms with van der Waals surface area (Å²) in [7, 11) is 3.32. The highest BCUT2D eigenvalue weighted by Gasteiger charge is 2.14. The number of hydrogen-bond acceptors (Lipinski definition) is 5. The maximum atomic E-state index is 5.79. The number of methoxy groups -OCH3 is 2. The van der Waals surface area contributed by atoms with E-state index in [0.717, 1.165) is 38.2 Å². The van der Waals surface area contributed by atoms with Gasteiger partial charge in [0.15, 0.2) is 0 Å². The molecular formula is C18H18N2O2S. The summed E-state index contributed by atoms with van der Waals surface area (Å²) in [5.74, 6) is 1.66. The van der Waals surface area contributed by atoms with Crippen LogP contribution in [-0.2, 0) is 6.54 Å². The fourth-order valence-electron chi connectivity index (χ4n) is 2.33. The Morgan fingerprint density at radius 1 is 0.870 bits per heavy atom. The van der Waals surface area contributed by atoms with Gasteiger partial charge in [0.1, 0.15) is 16.5 Å². The highest BCUT2D eigenvalue weighted by Crippen LogP contribution is 2.37. The quantitative estimate of drug-likeness (QED) is 0.771. The van der Waals surface area contributed by atoms with Crippen molar-refractivity contribution in [2.45, 2.75) is 6.54 Å². The van der Waals surface area contributed by atoms with Crippen LogP contribution in [0.3, 0.4) is 0 Å². The van der Waals surface area contributed by atoms with Crippen molar-refractivity contribution < 1.29 is 9.47 Å². The highest BCUT2D eigenvalue weighted by atomic mass is 32.1. The summed E-state index contributed by atoms with van der Waals surface area (Å²) in [6, 6.07) is 15.9. The van der Waals surface area contributed by atoms with Gasteiger partial charge in [0, 0.05) is 12.1 Å². The second-order valence-corrected chi connectivity index (χ2v) is 6.03. The zero-order valence-electron chi connectivity index (χ0n) is 13.1. The first-order valence-corrected chi connectivity index (χ1v) is 8.05. The maximum absolute atomic E-state index is 5.79. The minimum Gasteiger partial charge on any atom is -0.497 e. The Balaban J connectivity index is 2.06. The van der Waals surface area contributed by atoms with Crippen molar-refractivity contribution in [1.82, 2.24) is 4.98 Å². The van der Waals surface area contributed by atoms with Crippen LogP contribution < -0.4 is 15.2 Å². The molecular weight excluding hydrogens is 308 g/mol. The fourth-order valence-corrected chi connectivity index (χ4v) is 3.30. The van der Waals surface area contributed by atoms with E-state index in [2.05, 4.69) is 0 Å². The van der Waals surface area contributed by atoms with Gasteiger partial charge in [-0.15, -0.1) is 11.3 Å². The first-order chi connectivity index (χ1) is 11.2. The van der Waals surface area contributed by atoms with E-state index in [-0.39, 0.29) is 0 Å². The standard InChI is InChI=1S/C18H18N2O2S/c1-21-14-7-3-12(4-8-14)17-18(23-16(11-19)20-17)13-5-9-15(22-2)10-6-13/h3-10H,11,19H2,1-2H3. The molecule has 0 atom stereocenters. The Hall–Kier alpha value is -2.37. The third-order valence-corrected chi connectivity index (χ3v) is 4.69. The van der Waals surface area contributed by atoms with E-state index in [9.17, 15) is 0 Å². The van der Waals surface area contributed by atoms with Gasteiger partial charge in [-0.3, -0.25) is 0 Å². The number of nitrogens with two attached hydrogens (primary N) is 1. The monoisotopic (exact) mass is 326 g/mol. The van der Waals surface area contributed by atoms with E-state index < -0.39 is 0 Å². The third-order valence-electron chi connectivity index (χ3n) is 3.56. The fraction of sp³-hybridized carbons (Fsp3) is 0.167. The van der Waals surface area contributed by atoms with Crippen LogP contribution in [0.1, 0.15) is 5.01 Å². The van der Waals surface area contributed by atoms with Crippen LogP contribution in [0.15, 0.2) is 48.5 Å². The summed E-state index contributed by atoms with van der Waals surface area (Å²) >= 11 is 1.62. The van der Waals surface area contributed by atoms with Gasteiger partial charge in [-0.25, -0.2) is 4.98 Å². The number of hydrogen-bond donors (Lipinski definition) is 1. The van der Waals surface area contributed by atoms with E-state index in [1.807, 2.05) is 48.5 Å². The lowest BCUT2D eigenvalue weighted by atomic mass is 10.1. The molecule has 2 aromatic carbocycles. The molecule has 2 N–H and O–H groups in total. The zero-order valence-corrected chi connectivity index (χ0v) is 13.9. The second-order valence-electron chi connectivity index (χ2n) is 4.95. The minimum atomic E-state index is 0.435. The molecule has 5 heteroatoms. The lowest BCUT2D eigenvalue weighted by molar-refractivity contribution is 0.414. The van der Waals surface area contributed by atoms with Crippen LogP contribution in [0.4, 0.5) is 0 Å². The van der Waals surface area contributed by atoms with Crippen LogP contribution in [0.5, 0.6) is 11.5 Å². The Kier molecular flexibility index (Phi) is 4.60. The Morgan fingerprint density at radius 2 is 1.39 bits per heavy atom. The first kappa shape index (κ1) is 15.5. The number of nitrogens with zero attached hydrogens (tertiary/aromatic N) is 1. The van der Waals surface area contributed by atoms with Gasteiger partial charge in [-0.2, -0.15) is 0 Å². The summed E-state index contributed by atoms with van der Waals surface area (Å²) in [6.45, 7) is 0.435. The normalized spacial score (nSPS) is 10.6. The topological polar surface area (TPSA) is 57.4 Å². The molecule has 0 fully saturated rings. The number of ether oxygens (including phenoxy) is 2. The highest BCUT2D eigenvalue weighted by molar-refractivity contribution is 7.15. The summed E-state index contributed by atoms with van der Waals surface area (Å²) in [4.78, 5) is 5.80. The van der Waals surface area contributed by atoms with Crippen LogP contribution in [0, 0.1) is 0 Å². The van der Waals surface area contributed by atoms with Gasteiger partial charge in [0.2, 0.25) is 0 Å². The molecule has 0 saturated heterocycles. The van der Waals surface area contributed by atoms with Gasteiger partial charge >= 0.3 is 0 Å². The van der Waals surface area contributed by atoms with E-state index >= 15 is 0 Å². The zero-order chi connectivity index (χ0) is 16.2. The molecule has 0 aliphatic carbocycles. The molecule has 3 rings (SSSR count). The van der Waals surface area contributed by atoms with Crippen molar-refractivity contribution in [3.05, 3.63) is 53.5 Å². The molecule has 4 nitrogen and oxygen atoms in total. The van der Waals surface area contributed by atoms with E-state index in [1.54, 1.807) is 25.6 Å². The number of aromatic nitrogens is 1. The smallest absolute Gasteiger partial charge is 0.118 e. The largest absolute Gasteiger partial charge is 0.497 e. The molecule has 0 saturated carbocycles. The Labute approximate surface area is 139 Å². The lowest BCUT2D eigenvalue weighted by Gasteiger charge is -2.05. The van der Waals surface area contributed by atoms with Crippen molar-refractivity contribution in [2.75, 3.05) is 14.2 Å². The molecule has 3 aromatic rings. The van der Waals surface area contributed by atoms with Crippen LogP contribution in [-0.4, -0.2) is 19.2 Å². The minimum absolute atomic E-state index is 0.435. The summed E-state index contributed by atoms with van der Waals surface area (Å²) in [5, 5.41) is 0.918. The van der Waals surface area contributed by atoms with Gasteiger partial charge in [-0.1, -0.05) is 0 Å². The Morgan fingerprint density at radius 3 is 1.87 bits per heavy atom. The van der Waals surface area contributed by atoms with E-state index in [1.165, 1.54) is 0 Å². The molecule has 0 aliphatic heterocycles. The molecule has 0 amide bonds. The summed E-state index contributed by atoms with van der Waals surface area (Å²) < 4.78 is 10.4. The van der Waals surface area contributed by atoms with Crippen LogP contribution >= 0.6 is 11.3 Å². The molecule has 23 heavy (non-hydrogen) atoms.